The van der Waals surface area contributed by atoms with Gasteiger partial charge in [-0.2, -0.15) is 4.57 Å². The Bertz CT molecular complexity index is 756. The van der Waals surface area contributed by atoms with Crippen LogP contribution in [0.4, 0.5) is 0 Å². The van der Waals surface area contributed by atoms with Crippen LogP contribution in [0.3, 0.4) is 0 Å². The van der Waals surface area contributed by atoms with Crippen molar-refractivity contribution in [2.75, 3.05) is 0 Å². The fourth-order valence-corrected chi connectivity index (χ4v) is 3.89. The maximum atomic E-state index is 4.65. The van der Waals surface area contributed by atoms with Gasteiger partial charge in [0.05, 0.1) is 5.39 Å². The van der Waals surface area contributed by atoms with Crippen molar-refractivity contribution >= 4 is 31.8 Å². The molecule has 0 saturated carbocycles. The molecule has 0 amide bonds. The molecule has 78 valence electrons. The van der Waals surface area contributed by atoms with Gasteiger partial charge in [0.15, 0.2) is 12.7 Å². The lowest BCUT2D eigenvalue weighted by Crippen LogP contribution is -2.30. The Morgan fingerprint density at radius 1 is 1.38 bits per heavy atom. The Morgan fingerprint density at radius 2 is 2.25 bits per heavy atom. The molecule has 16 heavy (non-hydrogen) atoms. The quantitative estimate of drug-likeness (QED) is 0.422. The van der Waals surface area contributed by atoms with Crippen molar-refractivity contribution in [1.82, 2.24) is 4.98 Å². The number of aromatic nitrogens is 2. The average Bonchev–Trinajstić information content (AvgIpc) is 2.78. The standard InChI is InChI=1S/C13H11N2S/c1-7-3-4-15-6-9-5-8(2)14-13-10(9)11(15)12(7)16-13/h3-5H,6H2,1-2H3/q+1. The summed E-state index contributed by atoms with van der Waals surface area (Å²) in [6, 6.07) is 4.42. The molecule has 1 aliphatic heterocycles. The summed E-state index contributed by atoms with van der Waals surface area (Å²) in [4.78, 5) is 5.85. The Balaban J connectivity index is 2.37. The molecule has 4 rings (SSSR count). The van der Waals surface area contributed by atoms with Crippen molar-refractivity contribution in [2.24, 2.45) is 0 Å². The number of hydrogen-bond acceptors (Lipinski definition) is 2. The van der Waals surface area contributed by atoms with Crippen molar-refractivity contribution in [3.63, 3.8) is 0 Å². The van der Waals surface area contributed by atoms with E-state index in [0.29, 0.717) is 0 Å². The van der Waals surface area contributed by atoms with E-state index in [4.69, 9.17) is 0 Å². The fourth-order valence-electron chi connectivity index (χ4n) is 2.63. The first kappa shape index (κ1) is 8.65. The first-order chi connectivity index (χ1) is 7.74. The lowest BCUT2D eigenvalue weighted by atomic mass is 10.2. The van der Waals surface area contributed by atoms with Crippen LogP contribution in [0.5, 0.6) is 0 Å². The first-order valence-corrected chi connectivity index (χ1v) is 6.27. The zero-order chi connectivity index (χ0) is 10.9. The van der Waals surface area contributed by atoms with Gasteiger partial charge in [-0.1, -0.05) is 0 Å². The molecule has 4 heterocycles. The Kier molecular flexibility index (Phi) is 1.41. The van der Waals surface area contributed by atoms with Gasteiger partial charge in [0, 0.05) is 17.3 Å². The third kappa shape index (κ3) is 0.877. The van der Waals surface area contributed by atoms with Crippen molar-refractivity contribution in [3.05, 3.63) is 35.2 Å². The summed E-state index contributed by atoms with van der Waals surface area (Å²) < 4.78 is 3.74. The summed E-state index contributed by atoms with van der Waals surface area (Å²) in [6.45, 7) is 5.27. The number of aryl methyl sites for hydroxylation is 2. The Morgan fingerprint density at radius 3 is 3.12 bits per heavy atom. The lowest BCUT2D eigenvalue weighted by molar-refractivity contribution is -0.657. The molecule has 0 N–H and O–H groups in total. The monoisotopic (exact) mass is 227 g/mol. The van der Waals surface area contributed by atoms with Gasteiger partial charge in [-0.15, -0.1) is 11.3 Å². The number of pyridine rings is 2. The highest BCUT2D eigenvalue weighted by molar-refractivity contribution is 7.25. The molecule has 3 heteroatoms. The minimum absolute atomic E-state index is 1.01. The summed E-state index contributed by atoms with van der Waals surface area (Å²) in [5.74, 6) is 0. The van der Waals surface area contributed by atoms with E-state index in [0.717, 1.165) is 12.2 Å². The van der Waals surface area contributed by atoms with Crippen LogP contribution in [0.15, 0.2) is 18.3 Å². The summed E-state index contributed by atoms with van der Waals surface area (Å²) in [7, 11) is 0. The van der Waals surface area contributed by atoms with E-state index in [1.54, 1.807) is 0 Å². The molecule has 0 unspecified atom stereocenters. The van der Waals surface area contributed by atoms with Crippen LogP contribution in [-0.4, -0.2) is 4.98 Å². The van der Waals surface area contributed by atoms with Crippen molar-refractivity contribution in [1.29, 1.82) is 0 Å². The molecular formula is C13H11N2S+. The predicted molar refractivity (Wildman–Crippen MR) is 65.9 cm³/mol. The van der Waals surface area contributed by atoms with Crippen LogP contribution in [0.25, 0.3) is 20.4 Å². The average molecular weight is 227 g/mol. The van der Waals surface area contributed by atoms with Crippen molar-refractivity contribution in [2.45, 2.75) is 20.4 Å². The van der Waals surface area contributed by atoms with Crippen LogP contribution in [0.1, 0.15) is 16.8 Å². The molecule has 0 aromatic carbocycles. The van der Waals surface area contributed by atoms with Crippen molar-refractivity contribution < 1.29 is 4.57 Å². The van der Waals surface area contributed by atoms with Gasteiger partial charge in [-0.05, 0) is 25.5 Å². The second-order valence-electron chi connectivity index (χ2n) is 4.51. The summed E-state index contributed by atoms with van der Waals surface area (Å²) in [5.41, 5.74) is 5.31. The van der Waals surface area contributed by atoms with Crippen LogP contribution >= 0.6 is 11.3 Å². The predicted octanol–water partition coefficient (Wildman–Crippen LogP) is 2.72. The minimum atomic E-state index is 1.01. The van der Waals surface area contributed by atoms with E-state index in [1.807, 2.05) is 11.3 Å². The van der Waals surface area contributed by atoms with Gasteiger partial charge in [0.25, 0.3) is 0 Å². The minimum Gasteiger partial charge on any atom is -0.242 e. The summed E-state index contributed by atoms with van der Waals surface area (Å²) in [5, 5.41) is 1.38. The lowest BCUT2D eigenvalue weighted by Gasteiger charge is -1.96. The van der Waals surface area contributed by atoms with E-state index >= 15 is 0 Å². The normalized spacial score (nSPS) is 13.4. The molecule has 0 bridgehead atoms. The molecule has 3 aromatic heterocycles. The van der Waals surface area contributed by atoms with Crippen LogP contribution in [0, 0.1) is 13.8 Å². The summed E-state index contributed by atoms with van der Waals surface area (Å²) >= 11 is 1.83. The molecular weight excluding hydrogens is 216 g/mol. The second-order valence-corrected chi connectivity index (χ2v) is 5.51. The van der Waals surface area contributed by atoms with Gasteiger partial charge < -0.3 is 0 Å². The van der Waals surface area contributed by atoms with Crippen LogP contribution in [0.2, 0.25) is 0 Å². The molecule has 1 aliphatic rings. The number of rotatable bonds is 0. The Hall–Kier alpha value is -1.48. The van der Waals surface area contributed by atoms with E-state index in [2.05, 4.69) is 41.7 Å². The van der Waals surface area contributed by atoms with E-state index in [9.17, 15) is 0 Å². The zero-order valence-corrected chi connectivity index (χ0v) is 10.1. The zero-order valence-electron chi connectivity index (χ0n) is 9.24. The fraction of sp³-hybridized carbons (Fsp3) is 0.231. The number of hydrogen-bond donors (Lipinski definition) is 0. The van der Waals surface area contributed by atoms with Gasteiger partial charge in [0.1, 0.15) is 9.53 Å². The molecule has 0 aliphatic carbocycles. The molecule has 3 aromatic rings. The molecule has 0 radical (unpaired) electrons. The van der Waals surface area contributed by atoms with Gasteiger partial charge in [-0.3, -0.25) is 0 Å². The number of nitrogens with zero attached hydrogens (tertiary/aromatic N) is 2. The largest absolute Gasteiger partial charge is 0.242 e. The molecule has 0 fully saturated rings. The maximum absolute atomic E-state index is 4.65. The van der Waals surface area contributed by atoms with Gasteiger partial charge in [-0.25, -0.2) is 4.98 Å². The highest BCUT2D eigenvalue weighted by atomic mass is 32.1. The van der Waals surface area contributed by atoms with Gasteiger partial charge in [0.2, 0.25) is 5.52 Å². The van der Waals surface area contributed by atoms with E-state index in [-0.39, 0.29) is 0 Å². The van der Waals surface area contributed by atoms with Crippen LogP contribution in [-0.2, 0) is 6.54 Å². The third-order valence-corrected chi connectivity index (χ3v) is 4.55. The van der Waals surface area contributed by atoms with Gasteiger partial charge >= 0.3 is 0 Å². The molecule has 0 spiro atoms. The topological polar surface area (TPSA) is 16.8 Å². The Labute approximate surface area is 97.2 Å². The smallest absolute Gasteiger partial charge is 0.234 e. The summed E-state index contributed by atoms with van der Waals surface area (Å²) in [6.07, 6.45) is 2.19. The molecule has 0 saturated heterocycles. The highest BCUT2D eigenvalue weighted by Gasteiger charge is 2.28. The van der Waals surface area contributed by atoms with E-state index < -0.39 is 0 Å². The highest BCUT2D eigenvalue weighted by Crippen LogP contribution is 2.37. The molecule has 2 nitrogen and oxygen atoms in total. The first-order valence-electron chi connectivity index (χ1n) is 5.46. The second kappa shape index (κ2) is 2.61. The molecule has 0 atom stereocenters. The third-order valence-electron chi connectivity index (χ3n) is 3.34. The van der Waals surface area contributed by atoms with Crippen molar-refractivity contribution in [3.8, 4) is 0 Å². The number of thiophene rings is 1. The maximum Gasteiger partial charge on any atom is 0.234 e. The van der Waals surface area contributed by atoms with E-state index in [1.165, 1.54) is 31.6 Å². The van der Waals surface area contributed by atoms with Crippen LogP contribution < -0.4 is 4.57 Å². The SMILES string of the molecule is Cc1cc2c3c(n1)sc1c(C)cc[n+](c13)C2.